The standard InChI is InChI=1S/C18H17N5O3/c1-9-4-11-5-10(2-3-13(11)26-18(9)25)6-21-17(24)16-15-14(22-8-23-16)12(19)7-20-15/h2-3,5,7-9,20H,4,6,19H2,1H3,(H,21,24). The fourth-order valence-corrected chi connectivity index (χ4v) is 3.02. The van der Waals surface area contributed by atoms with Gasteiger partial charge in [0.1, 0.15) is 17.6 Å². The van der Waals surface area contributed by atoms with Gasteiger partial charge in [0.25, 0.3) is 5.91 Å². The summed E-state index contributed by atoms with van der Waals surface area (Å²) in [6.07, 6.45) is 3.53. The molecular weight excluding hydrogens is 334 g/mol. The van der Waals surface area contributed by atoms with Crippen molar-refractivity contribution < 1.29 is 14.3 Å². The van der Waals surface area contributed by atoms with Crippen LogP contribution in [0.1, 0.15) is 28.5 Å². The molecule has 8 nitrogen and oxygen atoms in total. The third-order valence-electron chi connectivity index (χ3n) is 4.42. The van der Waals surface area contributed by atoms with E-state index < -0.39 is 0 Å². The molecule has 26 heavy (non-hydrogen) atoms. The normalized spacial score (nSPS) is 16.2. The van der Waals surface area contributed by atoms with E-state index in [1.54, 1.807) is 12.3 Å². The predicted octanol–water partition coefficient (Wildman–Crippen LogP) is 1.57. The van der Waals surface area contributed by atoms with Gasteiger partial charge < -0.3 is 20.8 Å². The monoisotopic (exact) mass is 351 g/mol. The zero-order chi connectivity index (χ0) is 18.3. The molecule has 0 aliphatic carbocycles. The number of nitrogens with zero attached hydrogens (tertiary/aromatic N) is 2. The van der Waals surface area contributed by atoms with E-state index >= 15 is 0 Å². The minimum absolute atomic E-state index is 0.167. The van der Waals surface area contributed by atoms with Crippen LogP contribution >= 0.6 is 0 Å². The molecule has 0 bridgehead atoms. The average molecular weight is 351 g/mol. The molecule has 0 saturated carbocycles. The number of anilines is 1. The lowest BCUT2D eigenvalue weighted by molar-refractivity contribution is -0.139. The zero-order valence-electron chi connectivity index (χ0n) is 14.1. The average Bonchev–Trinajstić information content (AvgIpc) is 3.02. The molecule has 8 heteroatoms. The molecule has 1 aromatic carbocycles. The van der Waals surface area contributed by atoms with E-state index in [2.05, 4.69) is 20.3 Å². The molecule has 1 unspecified atom stereocenters. The van der Waals surface area contributed by atoms with Crippen molar-refractivity contribution in [1.82, 2.24) is 20.3 Å². The van der Waals surface area contributed by atoms with Crippen molar-refractivity contribution in [2.45, 2.75) is 19.9 Å². The largest absolute Gasteiger partial charge is 0.426 e. The summed E-state index contributed by atoms with van der Waals surface area (Å²) in [4.78, 5) is 35.2. The number of esters is 1. The molecule has 132 valence electrons. The molecule has 0 saturated heterocycles. The SMILES string of the molecule is CC1Cc2cc(CNC(=O)c3ncnc4c(N)c[nH]c34)ccc2OC1=O. The highest BCUT2D eigenvalue weighted by atomic mass is 16.5. The number of aromatic nitrogens is 3. The Morgan fingerprint density at radius 1 is 1.42 bits per heavy atom. The first kappa shape index (κ1) is 16.1. The third kappa shape index (κ3) is 2.75. The molecular formula is C18H17N5O3. The fraction of sp³-hybridized carbons (Fsp3) is 0.222. The van der Waals surface area contributed by atoms with Crippen molar-refractivity contribution >= 4 is 28.6 Å². The number of fused-ring (bicyclic) bond motifs is 2. The number of nitrogens with one attached hydrogen (secondary N) is 2. The predicted molar refractivity (Wildman–Crippen MR) is 94.4 cm³/mol. The molecule has 1 aliphatic heterocycles. The molecule has 2 aromatic heterocycles. The quantitative estimate of drug-likeness (QED) is 0.486. The minimum atomic E-state index is -0.322. The van der Waals surface area contributed by atoms with Crippen LogP contribution in [0, 0.1) is 5.92 Å². The maximum absolute atomic E-state index is 12.5. The summed E-state index contributed by atoms with van der Waals surface area (Å²) >= 11 is 0. The van der Waals surface area contributed by atoms with Gasteiger partial charge in [0.05, 0.1) is 17.1 Å². The summed E-state index contributed by atoms with van der Waals surface area (Å²) in [5, 5.41) is 2.85. The number of H-pyrrole nitrogens is 1. The highest BCUT2D eigenvalue weighted by Gasteiger charge is 2.24. The number of nitrogen functional groups attached to an aromatic ring is 1. The topological polar surface area (TPSA) is 123 Å². The molecule has 4 rings (SSSR count). The van der Waals surface area contributed by atoms with Gasteiger partial charge in [-0.15, -0.1) is 0 Å². The number of aromatic amines is 1. The summed E-state index contributed by atoms with van der Waals surface area (Å²) in [6, 6.07) is 5.53. The second-order valence-corrected chi connectivity index (χ2v) is 6.34. The highest BCUT2D eigenvalue weighted by Crippen LogP contribution is 2.28. The van der Waals surface area contributed by atoms with Crippen molar-refractivity contribution in [1.29, 1.82) is 0 Å². The third-order valence-corrected chi connectivity index (χ3v) is 4.42. The first-order chi connectivity index (χ1) is 12.5. The minimum Gasteiger partial charge on any atom is -0.426 e. The van der Waals surface area contributed by atoms with Crippen LogP contribution in [0.5, 0.6) is 5.75 Å². The number of nitrogens with two attached hydrogens (primary N) is 1. The van der Waals surface area contributed by atoms with Crippen LogP contribution < -0.4 is 15.8 Å². The second-order valence-electron chi connectivity index (χ2n) is 6.34. The van der Waals surface area contributed by atoms with Crippen LogP contribution in [-0.2, 0) is 17.8 Å². The maximum atomic E-state index is 12.5. The fourth-order valence-electron chi connectivity index (χ4n) is 3.02. The lowest BCUT2D eigenvalue weighted by atomic mass is 9.96. The Labute approximate surface area is 148 Å². The summed E-state index contributed by atoms with van der Waals surface area (Å²) in [5.74, 6) is -0.115. The molecule has 1 amide bonds. The first-order valence-electron chi connectivity index (χ1n) is 8.22. The van der Waals surface area contributed by atoms with Gasteiger partial charge in [0, 0.05) is 12.7 Å². The number of rotatable bonds is 3. The Kier molecular flexibility index (Phi) is 3.80. The Morgan fingerprint density at radius 3 is 3.12 bits per heavy atom. The molecule has 0 spiro atoms. The van der Waals surface area contributed by atoms with E-state index in [9.17, 15) is 9.59 Å². The summed E-state index contributed by atoms with van der Waals surface area (Å²) in [5.41, 5.74) is 9.43. The number of amides is 1. The second kappa shape index (κ2) is 6.14. The van der Waals surface area contributed by atoms with Gasteiger partial charge in [-0.1, -0.05) is 19.1 Å². The van der Waals surface area contributed by atoms with Crippen LogP contribution in [-0.4, -0.2) is 26.8 Å². The van der Waals surface area contributed by atoms with Crippen molar-refractivity contribution in [2.24, 2.45) is 5.92 Å². The molecule has 0 fully saturated rings. The molecule has 3 heterocycles. The van der Waals surface area contributed by atoms with Gasteiger partial charge in [0.2, 0.25) is 0 Å². The summed E-state index contributed by atoms with van der Waals surface area (Å²) < 4.78 is 5.29. The van der Waals surface area contributed by atoms with Crippen molar-refractivity contribution in [3.8, 4) is 5.75 Å². The van der Waals surface area contributed by atoms with Crippen molar-refractivity contribution in [3.63, 3.8) is 0 Å². The Hall–Kier alpha value is -3.42. The van der Waals surface area contributed by atoms with Crippen LogP contribution in [0.15, 0.2) is 30.7 Å². The number of carbonyl (C=O) groups excluding carboxylic acids is 2. The van der Waals surface area contributed by atoms with Crippen LogP contribution in [0.2, 0.25) is 0 Å². The van der Waals surface area contributed by atoms with Gasteiger partial charge in [-0.3, -0.25) is 9.59 Å². The van der Waals surface area contributed by atoms with Crippen molar-refractivity contribution in [2.75, 3.05) is 5.73 Å². The van der Waals surface area contributed by atoms with E-state index in [1.165, 1.54) is 6.33 Å². The first-order valence-corrected chi connectivity index (χ1v) is 8.22. The van der Waals surface area contributed by atoms with E-state index in [-0.39, 0.29) is 23.5 Å². The molecule has 3 aromatic rings. The number of benzene rings is 1. The maximum Gasteiger partial charge on any atom is 0.314 e. The smallest absolute Gasteiger partial charge is 0.314 e. The number of ether oxygens (including phenoxy) is 1. The van der Waals surface area contributed by atoms with Crippen LogP contribution in [0.3, 0.4) is 0 Å². The van der Waals surface area contributed by atoms with Crippen molar-refractivity contribution in [3.05, 3.63) is 47.5 Å². The van der Waals surface area contributed by atoms with E-state index in [0.29, 0.717) is 35.4 Å². The Morgan fingerprint density at radius 2 is 2.27 bits per heavy atom. The zero-order valence-corrected chi connectivity index (χ0v) is 14.1. The molecule has 4 N–H and O–H groups in total. The summed E-state index contributed by atoms with van der Waals surface area (Å²) in [6.45, 7) is 2.16. The number of hydrogen-bond acceptors (Lipinski definition) is 6. The summed E-state index contributed by atoms with van der Waals surface area (Å²) in [7, 11) is 0. The number of carbonyl (C=O) groups is 2. The van der Waals surface area contributed by atoms with Gasteiger partial charge >= 0.3 is 5.97 Å². The molecule has 0 radical (unpaired) electrons. The highest BCUT2D eigenvalue weighted by molar-refractivity contribution is 6.05. The van der Waals surface area contributed by atoms with Gasteiger partial charge in [-0.2, -0.15) is 0 Å². The Bertz CT molecular complexity index is 1030. The van der Waals surface area contributed by atoms with Gasteiger partial charge in [-0.25, -0.2) is 9.97 Å². The van der Waals surface area contributed by atoms with E-state index in [1.807, 2.05) is 19.1 Å². The molecule has 1 aliphatic rings. The number of hydrogen-bond donors (Lipinski definition) is 3. The van der Waals surface area contributed by atoms with E-state index in [0.717, 1.165) is 11.1 Å². The van der Waals surface area contributed by atoms with Gasteiger partial charge in [-0.05, 0) is 23.6 Å². The Balaban J connectivity index is 1.51. The van der Waals surface area contributed by atoms with Crippen LogP contribution in [0.25, 0.3) is 11.0 Å². The molecule has 1 atom stereocenters. The van der Waals surface area contributed by atoms with Gasteiger partial charge in [0.15, 0.2) is 5.69 Å². The van der Waals surface area contributed by atoms with E-state index in [4.69, 9.17) is 10.5 Å². The lowest BCUT2D eigenvalue weighted by Crippen LogP contribution is -2.26. The lowest BCUT2D eigenvalue weighted by Gasteiger charge is -2.21. The van der Waals surface area contributed by atoms with Crippen LogP contribution in [0.4, 0.5) is 5.69 Å².